The van der Waals surface area contributed by atoms with E-state index in [4.69, 9.17) is 0 Å². The van der Waals surface area contributed by atoms with Gasteiger partial charge in [-0.1, -0.05) is 24.3 Å². The van der Waals surface area contributed by atoms with Crippen LogP contribution in [-0.2, 0) is 0 Å². The van der Waals surface area contributed by atoms with Crippen LogP contribution in [0.1, 0.15) is 13.8 Å². The average molecular weight is 137 g/mol. The first-order valence-electron chi connectivity index (χ1n) is 3.78. The third-order valence-electron chi connectivity index (χ3n) is 2.01. The Morgan fingerprint density at radius 2 is 1.70 bits per heavy atom. The van der Waals surface area contributed by atoms with Crippen LogP contribution in [0.3, 0.4) is 0 Å². The molecule has 0 saturated heterocycles. The summed E-state index contributed by atoms with van der Waals surface area (Å²) in [5.41, 5.74) is 0. The maximum atomic E-state index is 2.33. The number of nitrogens with zero attached hydrogens (tertiary/aromatic N) is 1. The highest BCUT2D eigenvalue weighted by molar-refractivity contribution is 5.21. The monoisotopic (exact) mass is 137 g/mol. The Bertz CT molecular complexity index is 144. The zero-order chi connectivity index (χ0) is 7.56. The fourth-order valence-corrected chi connectivity index (χ4v) is 1.04. The molecule has 0 unspecified atom stereocenters. The third kappa shape index (κ3) is 1.48. The van der Waals surface area contributed by atoms with Gasteiger partial charge in [0.1, 0.15) is 0 Å². The molecule has 1 aliphatic carbocycles. The van der Waals surface area contributed by atoms with Gasteiger partial charge in [-0.3, -0.25) is 4.90 Å². The summed E-state index contributed by atoms with van der Waals surface area (Å²) in [5.74, 6) is 0. The van der Waals surface area contributed by atoms with Crippen molar-refractivity contribution in [3.63, 3.8) is 0 Å². The molecule has 0 fully saturated rings. The second-order valence-electron chi connectivity index (χ2n) is 3.02. The van der Waals surface area contributed by atoms with E-state index in [1.165, 1.54) is 0 Å². The standard InChI is InChI=1S/C9H15N/c1-8(2)10(3)9-6-4-5-7-9/h4-9H,1-3H3. The molecule has 0 heterocycles. The lowest BCUT2D eigenvalue weighted by Gasteiger charge is -2.25. The Morgan fingerprint density at radius 1 is 1.20 bits per heavy atom. The summed E-state index contributed by atoms with van der Waals surface area (Å²) in [4.78, 5) is 2.33. The van der Waals surface area contributed by atoms with E-state index in [0.717, 1.165) is 0 Å². The molecule has 0 aromatic carbocycles. The minimum Gasteiger partial charge on any atom is -0.294 e. The van der Waals surface area contributed by atoms with Gasteiger partial charge in [0.05, 0.1) is 0 Å². The van der Waals surface area contributed by atoms with Crippen molar-refractivity contribution >= 4 is 0 Å². The molecule has 0 atom stereocenters. The summed E-state index contributed by atoms with van der Waals surface area (Å²) in [7, 11) is 2.15. The number of allylic oxidation sites excluding steroid dienone is 2. The molecule has 1 nitrogen and oxygen atoms in total. The molecule has 0 bridgehead atoms. The summed E-state index contributed by atoms with van der Waals surface area (Å²) in [6.45, 7) is 4.42. The highest BCUT2D eigenvalue weighted by atomic mass is 15.1. The second kappa shape index (κ2) is 3.02. The largest absolute Gasteiger partial charge is 0.294 e. The van der Waals surface area contributed by atoms with E-state index in [2.05, 4.69) is 50.1 Å². The SMILES string of the molecule is CC(C)N(C)C1C=CC=C1. The van der Waals surface area contributed by atoms with E-state index >= 15 is 0 Å². The van der Waals surface area contributed by atoms with E-state index in [0.29, 0.717) is 12.1 Å². The minimum absolute atomic E-state index is 0.528. The molecule has 0 N–H and O–H groups in total. The van der Waals surface area contributed by atoms with E-state index in [1.54, 1.807) is 0 Å². The fourth-order valence-electron chi connectivity index (χ4n) is 1.04. The van der Waals surface area contributed by atoms with Gasteiger partial charge in [-0.15, -0.1) is 0 Å². The number of hydrogen-bond donors (Lipinski definition) is 0. The van der Waals surface area contributed by atoms with Crippen molar-refractivity contribution < 1.29 is 0 Å². The Labute approximate surface area is 63.0 Å². The van der Waals surface area contributed by atoms with Crippen LogP contribution in [-0.4, -0.2) is 24.0 Å². The summed E-state index contributed by atoms with van der Waals surface area (Å²) < 4.78 is 0. The van der Waals surface area contributed by atoms with Crippen molar-refractivity contribution in [3.8, 4) is 0 Å². The van der Waals surface area contributed by atoms with Crippen molar-refractivity contribution in [3.05, 3.63) is 24.3 Å². The molecule has 10 heavy (non-hydrogen) atoms. The topological polar surface area (TPSA) is 3.24 Å². The van der Waals surface area contributed by atoms with Crippen LogP contribution in [0.4, 0.5) is 0 Å². The van der Waals surface area contributed by atoms with Crippen LogP contribution in [0.2, 0.25) is 0 Å². The lowest BCUT2D eigenvalue weighted by Crippen LogP contribution is -2.33. The van der Waals surface area contributed by atoms with Gasteiger partial charge in [-0.25, -0.2) is 0 Å². The van der Waals surface area contributed by atoms with E-state index in [1.807, 2.05) is 0 Å². The predicted octanol–water partition coefficient (Wildman–Crippen LogP) is 1.82. The fraction of sp³-hybridized carbons (Fsp3) is 0.556. The summed E-state index contributed by atoms with van der Waals surface area (Å²) in [6, 6.07) is 1.15. The van der Waals surface area contributed by atoms with Crippen LogP contribution in [0.15, 0.2) is 24.3 Å². The van der Waals surface area contributed by atoms with Gasteiger partial charge in [0.25, 0.3) is 0 Å². The van der Waals surface area contributed by atoms with Crippen LogP contribution in [0.5, 0.6) is 0 Å². The maximum absolute atomic E-state index is 2.33. The van der Waals surface area contributed by atoms with Gasteiger partial charge in [-0.2, -0.15) is 0 Å². The number of hydrogen-bond acceptors (Lipinski definition) is 1. The zero-order valence-corrected chi connectivity index (χ0v) is 6.91. The first kappa shape index (κ1) is 7.55. The molecule has 0 spiro atoms. The molecular formula is C9H15N. The van der Waals surface area contributed by atoms with Gasteiger partial charge in [-0.05, 0) is 20.9 Å². The van der Waals surface area contributed by atoms with Crippen molar-refractivity contribution in [2.45, 2.75) is 25.9 Å². The Balaban J connectivity index is 2.49. The zero-order valence-electron chi connectivity index (χ0n) is 6.91. The first-order chi connectivity index (χ1) is 4.72. The first-order valence-corrected chi connectivity index (χ1v) is 3.78. The van der Waals surface area contributed by atoms with E-state index < -0.39 is 0 Å². The van der Waals surface area contributed by atoms with Crippen LogP contribution in [0.25, 0.3) is 0 Å². The third-order valence-corrected chi connectivity index (χ3v) is 2.01. The summed E-state index contributed by atoms with van der Waals surface area (Å²) in [6.07, 6.45) is 8.62. The van der Waals surface area contributed by atoms with Crippen LogP contribution >= 0.6 is 0 Å². The Morgan fingerprint density at radius 3 is 2.10 bits per heavy atom. The van der Waals surface area contributed by atoms with Crippen LogP contribution in [0, 0.1) is 0 Å². The lowest BCUT2D eigenvalue weighted by molar-refractivity contribution is 0.261. The minimum atomic E-state index is 0.528. The van der Waals surface area contributed by atoms with Crippen molar-refractivity contribution in [1.29, 1.82) is 0 Å². The molecule has 0 radical (unpaired) electrons. The molecule has 1 rings (SSSR count). The molecule has 0 aliphatic heterocycles. The van der Waals surface area contributed by atoms with Crippen LogP contribution < -0.4 is 0 Å². The highest BCUT2D eigenvalue weighted by Gasteiger charge is 2.12. The molecule has 0 amide bonds. The predicted molar refractivity (Wildman–Crippen MR) is 45.0 cm³/mol. The summed E-state index contributed by atoms with van der Waals surface area (Å²) >= 11 is 0. The maximum Gasteiger partial charge on any atom is 0.0467 e. The van der Waals surface area contributed by atoms with Gasteiger partial charge in [0, 0.05) is 12.1 Å². The Hall–Kier alpha value is -0.560. The smallest absolute Gasteiger partial charge is 0.0467 e. The van der Waals surface area contributed by atoms with Crippen molar-refractivity contribution in [2.75, 3.05) is 7.05 Å². The Kier molecular flexibility index (Phi) is 2.28. The highest BCUT2D eigenvalue weighted by Crippen LogP contribution is 2.09. The van der Waals surface area contributed by atoms with E-state index in [9.17, 15) is 0 Å². The number of likely N-dealkylation sites (N-methyl/N-ethyl adjacent to an activating group) is 1. The molecule has 0 saturated carbocycles. The molecule has 0 aromatic heterocycles. The lowest BCUT2D eigenvalue weighted by atomic mass is 10.2. The summed E-state index contributed by atoms with van der Waals surface area (Å²) in [5, 5.41) is 0. The molecule has 0 aromatic rings. The molecular weight excluding hydrogens is 122 g/mol. The number of rotatable bonds is 2. The van der Waals surface area contributed by atoms with Crippen molar-refractivity contribution in [1.82, 2.24) is 4.90 Å². The molecule has 1 aliphatic rings. The van der Waals surface area contributed by atoms with E-state index in [-0.39, 0.29) is 0 Å². The van der Waals surface area contributed by atoms with Crippen molar-refractivity contribution in [2.24, 2.45) is 0 Å². The quantitative estimate of drug-likeness (QED) is 0.561. The normalized spacial score (nSPS) is 18.1. The average Bonchev–Trinajstić information content (AvgIpc) is 2.36. The second-order valence-corrected chi connectivity index (χ2v) is 3.02. The van der Waals surface area contributed by atoms with Gasteiger partial charge in [0.15, 0.2) is 0 Å². The van der Waals surface area contributed by atoms with Gasteiger partial charge in [0.2, 0.25) is 0 Å². The molecule has 1 heteroatoms. The van der Waals surface area contributed by atoms with Gasteiger partial charge < -0.3 is 0 Å². The molecule has 56 valence electrons. The van der Waals surface area contributed by atoms with Gasteiger partial charge >= 0.3 is 0 Å².